The minimum atomic E-state index is -0.240. The number of anilines is 2. The van der Waals surface area contributed by atoms with Crippen LogP contribution in [0.5, 0.6) is 0 Å². The number of hydrogen-bond acceptors (Lipinski definition) is 5. The molecule has 6 heteroatoms. The number of rotatable bonds is 7. The average molecular weight is 328 g/mol. The molecule has 2 aromatic rings. The van der Waals surface area contributed by atoms with Crippen LogP contribution in [0.15, 0.2) is 30.3 Å². The summed E-state index contributed by atoms with van der Waals surface area (Å²) >= 11 is 0. The van der Waals surface area contributed by atoms with Crippen LogP contribution in [-0.2, 0) is 4.74 Å². The van der Waals surface area contributed by atoms with Crippen LogP contribution < -0.4 is 10.6 Å². The molecule has 0 unspecified atom stereocenters. The summed E-state index contributed by atoms with van der Waals surface area (Å²) in [6.45, 7) is 6.98. The Labute approximate surface area is 142 Å². The van der Waals surface area contributed by atoms with Gasteiger partial charge in [-0.2, -0.15) is 0 Å². The number of benzene rings is 1. The zero-order valence-corrected chi connectivity index (χ0v) is 14.6. The predicted molar refractivity (Wildman–Crippen MR) is 94.8 cm³/mol. The number of ether oxygens (including phenoxy) is 1. The maximum Gasteiger partial charge on any atom is 0.270 e. The summed E-state index contributed by atoms with van der Waals surface area (Å²) in [6, 6.07) is 9.82. The lowest BCUT2D eigenvalue weighted by Gasteiger charge is -2.10. The second kappa shape index (κ2) is 8.40. The van der Waals surface area contributed by atoms with Gasteiger partial charge in [0.2, 0.25) is 0 Å². The highest BCUT2D eigenvalue weighted by Crippen LogP contribution is 2.20. The Balaban J connectivity index is 2.11. The number of nitrogens with zero attached hydrogens (tertiary/aromatic N) is 2. The molecular formula is C18H24N4O2. The molecule has 6 nitrogen and oxygen atoms in total. The molecule has 128 valence electrons. The van der Waals surface area contributed by atoms with Gasteiger partial charge in [0, 0.05) is 25.4 Å². The first-order valence-electron chi connectivity index (χ1n) is 7.99. The normalized spacial score (nSPS) is 10.7. The smallest absolute Gasteiger partial charge is 0.270 e. The highest BCUT2D eigenvalue weighted by molar-refractivity contribution is 5.93. The van der Waals surface area contributed by atoms with Crippen molar-refractivity contribution in [2.24, 2.45) is 0 Å². The maximum absolute atomic E-state index is 12.1. The summed E-state index contributed by atoms with van der Waals surface area (Å²) in [7, 11) is 1.59. The Kier molecular flexibility index (Phi) is 6.26. The quantitative estimate of drug-likeness (QED) is 0.764. The van der Waals surface area contributed by atoms with Gasteiger partial charge in [0.25, 0.3) is 5.91 Å². The summed E-state index contributed by atoms with van der Waals surface area (Å²) in [5.74, 6) is 1.38. The maximum atomic E-state index is 12.1. The minimum absolute atomic E-state index is 0.240. The van der Waals surface area contributed by atoms with Gasteiger partial charge in [-0.1, -0.05) is 26.0 Å². The lowest BCUT2D eigenvalue weighted by Crippen LogP contribution is -2.28. The van der Waals surface area contributed by atoms with Crippen LogP contribution in [-0.4, -0.2) is 36.1 Å². The number of hydrogen-bond donors (Lipinski definition) is 2. The number of carbonyl (C=O) groups is 1. The Morgan fingerprint density at radius 2 is 1.92 bits per heavy atom. The van der Waals surface area contributed by atoms with Gasteiger partial charge >= 0.3 is 0 Å². The average Bonchev–Trinajstić information content (AvgIpc) is 2.55. The molecule has 2 rings (SSSR count). The van der Waals surface area contributed by atoms with Gasteiger partial charge in [0.15, 0.2) is 0 Å². The molecule has 0 spiro atoms. The number of methoxy groups -OCH3 is 1. The molecule has 2 N–H and O–H groups in total. The van der Waals surface area contributed by atoms with Gasteiger partial charge in [-0.15, -0.1) is 0 Å². The fourth-order valence-electron chi connectivity index (χ4n) is 2.20. The van der Waals surface area contributed by atoms with Gasteiger partial charge < -0.3 is 15.4 Å². The van der Waals surface area contributed by atoms with Crippen molar-refractivity contribution in [1.82, 2.24) is 15.3 Å². The Morgan fingerprint density at radius 3 is 2.54 bits per heavy atom. The fourth-order valence-corrected chi connectivity index (χ4v) is 2.20. The van der Waals surface area contributed by atoms with E-state index in [2.05, 4.69) is 46.6 Å². The number of aromatic nitrogens is 2. The Hall–Kier alpha value is -2.47. The molecule has 0 aliphatic rings. The molecule has 0 atom stereocenters. The van der Waals surface area contributed by atoms with Crippen molar-refractivity contribution in [2.45, 2.75) is 26.7 Å². The van der Waals surface area contributed by atoms with Crippen molar-refractivity contribution < 1.29 is 9.53 Å². The van der Waals surface area contributed by atoms with E-state index in [0.717, 1.165) is 5.69 Å². The predicted octanol–water partition coefficient (Wildman–Crippen LogP) is 3.03. The van der Waals surface area contributed by atoms with E-state index in [4.69, 9.17) is 4.74 Å². The lowest BCUT2D eigenvalue weighted by molar-refractivity contribution is 0.0932. The molecular weight excluding hydrogens is 304 g/mol. The van der Waals surface area contributed by atoms with Gasteiger partial charge in [-0.25, -0.2) is 9.97 Å². The van der Waals surface area contributed by atoms with Crippen LogP contribution in [0.2, 0.25) is 0 Å². The third-order valence-corrected chi connectivity index (χ3v) is 3.51. The van der Waals surface area contributed by atoms with Crippen LogP contribution in [0, 0.1) is 6.92 Å². The third-order valence-electron chi connectivity index (χ3n) is 3.51. The summed E-state index contributed by atoms with van der Waals surface area (Å²) in [5, 5.41) is 5.97. The van der Waals surface area contributed by atoms with E-state index in [-0.39, 0.29) is 5.91 Å². The molecule has 1 aromatic heterocycles. The van der Waals surface area contributed by atoms with Gasteiger partial charge in [-0.05, 0) is 30.5 Å². The van der Waals surface area contributed by atoms with Gasteiger partial charge in [0.1, 0.15) is 17.3 Å². The second-order valence-electron chi connectivity index (χ2n) is 5.84. The summed E-state index contributed by atoms with van der Waals surface area (Å²) in [4.78, 5) is 20.6. The SMILES string of the molecule is COCCNC(=O)c1cc(Nc2ccc(C(C)C)cc2)nc(C)n1. The summed E-state index contributed by atoms with van der Waals surface area (Å²) < 4.78 is 4.92. The van der Waals surface area contributed by atoms with Crippen LogP contribution in [0.1, 0.15) is 41.6 Å². The molecule has 0 radical (unpaired) electrons. The van der Waals surface area contributed by atoms with Crippen LogP contribution >= 0.6 is 0 Å². The van der Waals surface area contributed by atoms with E-state index in [1.807, 2.05) is 12.1 Å². The largest absolute Gasteiger partial charge is 0.383 e. The van der Waals surface area contributed by atoms with E-state index in [1.54, 1.807) is 20.1 Å². The molecule has 0 saturated carbocycles. The molecule has 0 aliphatic heterocycles. The zero-order chi connectivity index (χ0) is 17.5. The van der Waals surface area contributed by atoms with E-state index in [0.29, 0.717) is 36.4 Å². The Bertz CT molecular complexity index is 684. The summed E-state index contributed by atoms with van der Waals surface area (Å²) in [6.07, 6.45) is 0. The second-order valence-corrected chi connectivity index (χ2v) is 5.84. The molecule has 24 heavy (non-hydrogen) atoms. The first-order chi connectivity index (χ1) is 11.5. The van der Waals surface area contributed by atoms with Crippen LogP contribution in [0.3, 0.4) is 0 Å². The summed E-state index contributed by atoms with van der Waals surface area (Å²) in [5.41, 5.74) is 2.53. The number of carbonyl (C=O) groups excluding carboxylic acids is 1. The van der Waals surface area contributed by atoms with E-state index >= 15 is 0 Å². The van der Waals surface area contributed by atoms with Crippen molar-refractivity contribution in [3.63, 3.8) is 0 Å². The van der Waals surface area contributed by atoms with Crippen molar-refractivity contribution in [3.8, 4) is 0 Å². The number of amides is 1. The molecule has 1 aromatic carbocycles. The number of nitrogens with one attached hydrogen (secondary N) is 2. The van der Waals surface area contributed by atoms with Crippen molar-refractivity contribution in [1.29, 1.82) is 0 Å². The first-order valence-corrected chi connectivity index (χ1v) is 7.99. The number of aryl methyl sites for hydroxylation is 1. The monoisotopic (exact) mass is 328 g/mol. The molecule has 0 bridgehead atoms. The van der Waals surface area contributed by atoms with Crippen LogP contribution in [0.25, 0.3) is 0 Å². The molecule has 1 heterocycles. The molecule has 0 saturated heterocycles. The van der Waals surface area contributed by atoms with Gasteiger partial charge in [0.05, 0.1) is 6.61 Å². The van der Waals surface area contributed by atoms with Gasteiger partial charge in [-0.3, -0.25) is 4.79 Å². The van der Waals surface area contributed by atoms with Crippen molar-refractivity contribution in [2.75, 3.05) is 25.6 Å². The van der Waals surface area contributed by atoms with E-state index in [9.17, 15) is 4.79 Å². The zero-order valence-electron chi connectivity index (χ0n) is 14.6. The first kappa shape index (κ1) is 17.9. The molecule has 1 amide bonds. The Morgan fingerprint density at radius 1 is 1.21 bits per heavy atom. The minimum Gasteiger partial charge on any atom is -0.383 e. The molecule has 0 aliphatic carbocycles. The molecule has 0 fully saturated rings. The highest BCUT2D eigenvalue weighted by atomic mass is 16.5. The van der Waals surface area contributed by atoms with Crippen LogP contribution in [0.4, 0.5) is 11.5 Å². The van der Waals surface area contributed by atoms with Crippen molar-refractivity contribution >= 4 is 17.4 Å². The highest BCUT2D eigenvalue weighted by Gasteiger charge is 2.10. The third kappa shape index (κ3) is 5.03. The topological polar surface area (TPSA) is 76.1 Å². The fraction of sp³-hybridized carbons (Fsp3) is 0.389. The lowest BCUT2D eigenvalue weighted by atomic mass is 10.0. The van der Waals surface area contributed by atoms with Crippen molar-refractivity contribution in [3.05, 3.63) is 47.4 Å². The van der Waals surface area contributed by atoms with E-state index < -0.39 is 0 Å². The van der Waals surface area contributed by atoms with E-state index in [1.165, 1.54) is 5.56 Å². The standard InChI is InChI=1S/C18H24N4O2/c1-12(2)14-5-7-15(8-6-14)22-17-11-16(20-13(3)21-17)18(23)19-9-10-24-4/h5-8,11-12H,9-10H2,1-4H3,(H,19,23)(H,20,21,22).